The van der Waals surface area contributed by atoms with Gasteiger partial charge in [-0.15, -0.1) is 0 Å². The molecule has 0 bridgehead atoms. The van der Waals surface area contributed by atoms with E-state index in [2.05, 4.69) is 18.7 Å². The first-order valence-corrected chi connectivity index (χ1v) is 5.69. The zero-order chi connectivity index (χ0) is 10.8. The van der Waals surface area contributed by atoms with Crippen molar-refractivity contribution in [3.8, 4) is 0 Å². The summed E-state index contributed by atoms with van der Waals surface area (Å²) in [4.78, 5) is 2.38. The molecule has 0 N–H and O–H groups in total. The molecule has 0 saturated heterocycles. The van der Waals surface area contributed by atoms with Gasteiger partial charge in [-0.2, -0.15) is 0 Å². The molecule has 0 spiro atoms. The molecule has 0 aliphatic heterocycles. The highest BCUT2D eigenvalue weighted by molar-refractivity contribution is 4.68. The van der Waals surface area contributed by atoms with Crippen molar-refractivity contribution < 1.29 is 9.47 Å². The first kappa shape index (κ1) is 13.9. The molecular formula is C11H25NO2. The van der Waals surface area contributed by atoms with Crippen molar-refractivity contribution in [2.45, 2.75) is 33.7 Å². The Balaban J connectivity index is 3.92. The van der Waals surface area contributed by atoms with E-state index < -0.39 is 0 Å². The van der Waals surface area contributed by atoms with Crippen LogP contribution in [0.25, 0.3) is 0 Å². The summed E-state index contributed by atoms with van der Waals surface area (Å²) in [6, 6.07) is 0.407. The summed E-state index contributed by atoms with van der Waals surface area (Å²) in [6.07, 6.45) is 0. The molecule has 0 atom stereocenters. The molecule has 3 nitrogen and oxygen atoms in total. The van der Waals surface area contributed by atoms with Gasteiger partial charge in [0.25, 0.3) is 0 Å². The van der Waals surface area contributed by atoms with Crippen LogP contribution in [0, 0.1) is 0 Å². The molecule has 0 radical (unpaired) electrons. The second kappa shape index (κ2) is 9.44. The SMILES string of the molecule is CCOCC(COCC)N(CC)CC. The fraction of sp³-hybridized carbons (Fsp3) is 1.00. The van der Waals surface area contributed by atoms with Crippen LogP contribution < -0.4 is 0 Å². The van der Waals surface area contributed by atoms with Crippen LogP contribution in [0.5, 0.6) is 0 Å². The first-order valence-electron chi connectivity index (χ1n) is 5.69. The van der Waals surface area contributed by atoms with Crippen LogP contribution in [0.1, 0.15) is 27.7 Å². The van der Waals surface area contributed by atoms with Crippen LogP contribution >= 0.6 is 0 Å². The molecule has 0 aromatic rings. The predicted molar refractivity (Wildman–Crippen MR) is 59.7 cm³/mol. The number of hydrogen-bond acceptors (Lipinski definition) is 3. The average Bonchev–Trinajstić information content (AvgIpc) is 2.22. The lowest BCUT2D eigenvalue weighted by Gasteiger charge is -2.29. The van der Waals surface area contributed by atoms with E-state index >= 15 is 0 Å². The van der Waals surface area contributed by atoms with Gasteiger partial charge >= 0.3 is 0 Å². The standard InChI is InChI=1S/C11H25NO2/c1-5-12(6-2)11(9-13-7-3)10-14-8-4/h11H,5-10H2,1-4H3. The second-order valence-electron chi connectivity index (χ2n) is 3.19. The summed E-state index contributed by atoms with van der Waals surface area (Å²) >= 11 is 0. The third kappa shape index (κ3) is 5.58. The summed E-state index contributed by atoms with van der Waals surface area (Å²) in [6.45, 7) is 13.6. The van der Waals surface area contributed by atoms with Gasteiger partial charge < -0.3 is 9.47 Å². The van der Waals surface area contributed by atoms with E-state index in [0.717, 1.165) is 39.5 Å². The lowest BCUT2D eigenvalue weighted by molar-refractivity contribution is 0.0145. The molecule has 0 aromatic heterocycles. The minimum absolute atomic E-state index is 0.407. The smallest absolute Gasteiger partial charge is 0.0644 e. The molecule has 3 heteroatoms. The van der Waals surface area contributed by atoms with E-state index in [-0.39, 0.29) is 0 Å². The molecule has 0 aromatic carbocycles. The number of likely N-dealkylation sites (N-methyl/N-ethyl adjacent to an activating group) is 1. The Bertz CT molecular complexity index is 108. The largest absolute Gasteiger partial charge is 0.380 e. The molecule has 14 heavy (non-hydrogen) atoms. The van der Waals surface area contributed by atoms with Crippen molar-refractivity contribution in [2.24, 2.45) is 0 Å². The van der Waals surface area contributed by atoms with Crippen LogP contribution in [-0.4, -0.2) is 50.5 Å². The van der Waals surface area contributed by atoms with Gasteiger partial charge in [0, 0.05) is 13.2 Å². The molecule has 0 rings (SSSR count). The van der Waals surface area contributed by atoms with Crippen LogP contribution in [0.4, 0.5) is 0 Å². The van der Waals surface area contributed by atoms with Crippen LogP contribution in [0.2, 0.25) is 0 Å². The molecule has 0 saturated carbocycles. The summed E-state index contributed by atoms with van der Waals surface area (Å²) in [5, 5.41) is 0. The summed E-state index contributed by atoms with van der Waals surface area (Å²) in [7, 11) is 0. The van der Waals surface area contributed by atoms with Crippen molar-refractivity contribution in [2.75, 3.05) is 39.5 Å². The Kier molecular flexibility index (Phi) is 9.35. The Morgan fingerprint density at radius 2 is 1.29 bits per heavy atom. The molecule has 0 amide bonds. The van der Waals surface area contributed by atoms with Gasteiger partial charge in [0.1, 0.15) is 0 Å². The van der Waals surface area contributed by atoms with E-state index in [9.17, 15) is 0 Å². The van der Waals surface area contributed by atoms with Crippen LogP contribution in [0.15, 0.2) is 0 Å². The van der Waals surface area contributed by atoms with Gasteiger partial charge in [0.15, 0.2) is 0 Å². The quantitative estimate of drug-likeness (QED) is 0.570. The molecule has 0 aliphatic carbocycles. The third-order valence-corrected chi connectivity index (χ3v) is 2.36. The van der Waals surface area contributed by atoms with E-state index in [0.29, 0.717) is 6.04 Å². The van der Waals surface area contributed by atoms with Gasteiger partial charge in [-0.3, -0.25) is 4.90 Å². The van der Waals surface area contributed by atoms with E-state index in [1.165, 1.54) is 0 Å². The maximum Gasteiger partial charge on any atom is 0.0644 e. The van der Waals surface area contributed by atoms with Crippen molar-refractivity contribution in [3.63, 3.8) is 0 Å². The number of rotatable bonds is 9. The maximum absolute atomic E-state index is 5.46. The van der Waals surface area contributed by atoms with Gasteiger partial charge in [0.05, 0.1) is 19.3 Å². The number of ether oxygens (including phenoxy) is 2. The Morgan fingerprint density at radius 3 is 1.57 bits per heavy atom. The van der Waals surface area contributed by atoms with E-state index in [1.54, 1.807) is 0 Å². The average molecular weight is 203 g/mol. The molecule has 0 unspecified atom stereocenters. The number of hydrogen-bond donors (Lipinski definition) is 0. The highest BCUT2D eigenvalue weighted by Gasteiger charge is 2.15. The first-order chi connectivity index (χ1) is 6.79. The second-order valence-corrected chi connectivity index (χ2v) is 3.19. The third-order valence-electron chi connectivity index (χ3n) is 2.36. The summed E-state index contributed by atoms with van der Waals surface area (Å²) < 4.78 is 10.9. The number of nitrogens with zero attached hydrogens (tertiary/aromatic N) is 1. The monoisotopic (exact) mass is 203 g/mol. The predicted octanol–water partition coefficient (Wildman–Crippen LogP) is 1.77. The van der Waals surface area contributed by atoms with Crippen molar-refractivity contribution in [1.29, 1.82) is 0 Å². The van der Waals surface area contributed by atoms with E-state index in [1.807, 2.05) is 13.8 Å². The normalized spacial score (nSPS) is 11.6. The van der Waals surface area contributed by atoms with Crippen LogP contribution in [0.3, 0.4) is 0 Å². The summed E-state index contributed by atoms with van der Waals surface area (Å²) in [5.41, 5.74) is 0. The fourth-order valence-electron chi connectivity index (χ4n) is 1.51. The molecular weight excluding hydrogens is 178 g/mol. The van der Waals surface area contributed by atoms with Gasteiger partial charge in [-0.05, 0) is 26.9 Å². The topological polar surface area (TPSA) is 21.7 Å². The fourth-order valence-corrected chi connectivity index (χ4v) is 1.51. The minimum atomic E-state index is 0.407. The highest BCUT2D eigenvalue weighted by Crippen LogP contribution is 2.01. The van der Waals surface area contributed by atoms with Crippen molar-refractivity contribution in [3.05, 3.63) is 0 Å². The molecule has 86 valence electrons. The van der Waals surface area contributed by atoms with Crippen LogP contribution in [-0.2, 0) is 9.47 Å². The minimum Gasteiger partial charge on any atom is -0.380 e. The van der Waals surface area contributed by atoms with Gasteiger partial charge in [-0.1, -0.05) is 13.8 Å². The maximum atomic E-state index is 5.46. The summed E-state index contributed by atoms with van der Waals surface area (Å²) in [5.74, 6) is 0. The Morgan fingerprint density at radius 1 is 0.857 bits per heavy atom. The molecule has 0 aliphatic rings. The zero-order valence-corrected chi connectivity index (χ0v) is 10.1. The lowest BCUT2D eigenvalue weighted by atomic mass is 10.2. The zero-order valence-electron chi connectivity index (χ0n) is 10.1. The Labute approximate surface area is 88.4 Å². The van der Waals surface area contributed by atoms with Crippen molar-refractivity contribution in [1.82, 2.24) is 4.90 Å². The van der Waals surface area contributed by atoms with Crippen molar-refractivity contribution >= 4 is 0 Å². The van der Waals surface area contributed by atoms with Gasteiger partial charge in [-0.25, -0.2) is 0 Å². The lowest BCUT2D eigenvalue weighted by Crippen LogP contribution is -2.41. The van der Waals surface area contributed by atoms with Gasteiger partial charge in [0.2, 0.25) is 0 Å². The Hall–Kier alpha value is -0.120. The van der Waals surface area contributed by atoms with E-state index in [4.69, 9.17) is 9.47 Å². The molecule has 0 fully saturated rings. The molecule has 0 heterocycles. The highest BCUT2D eigenvalue weighted by atomic mass is 16.5.